The van der Waals surface area contributed by atoms with Crippen molar-refractivity contribution in [3.05, 3.63) is 36.4 Å². The first-order chi connectivity index (χ1) is 24.1. The van der Waals surface area contributed by atoms with Crippen LogP contribution in [-0.2, 0) is 14.3 Å². The summed E-state index contributed by atoms with van der Waals surface area (Å²) in [5.41, 5.74) is 4.35. The molecule has 284 valence electrons. The molecule has 6 heteroatoms. The maximum absolute atomic E-state index is 12.3. The number of unbranched alkanes of at least 4 members (excludes halogenated alkanes) is 2. The highest BCUT2D eigenvalue weighted by Crippen LogP contribution is 2.77. The van der Waals surface area contributed by atoms with Gasteiger partial charge in [-0.15, -0.1) is 0 Å². The first-order valence-electron chi connectivity index (χ1n) is 20.8. The predicted molar refractivity (Wildman–Crippen MR) is 215 cm³/mol. The Morgan fingerprint density at radius 1 is 0.863 bits per heavy atom. The van der Waals surface area contributed by atoms with Crippen LogP contribution in [0.4, 0.5) is 5.69 Å². The number of fused-ring (bicyclic) bond motifs is 7. The number of rotatable bonds is 10. The van der Waals surface area contributed by atoms with Crippen molar-refractivity contribution in [2.75, 3.05) is 42.6 Å². The van der Waals surface area contributed by atoms with Crippen LogP contribution < -0.4 is 9.64 Å². The van der Waals surface area contributed by atoms with E-state index in [2.05, 4.69) is 75.9 Å². The number of carbonyl (C=O) groups excluding carboxylic acids is 1. The number of anilines is 1. The number of nitrogens with zero attached hydrogens (tertiary/aromatic N) is 2. The highest BCUT2D eigenvalue weighted by atomic mass is 32.2. The molecule has 0 spiro atoms. The van der Waals surface area contributed by atoms with Gasteiger partial charge in [-0.1, -0.05) is 45.8 Å². The summed E-state index contributed by atoms with van der Waals surface area (Å²) >= 11 is 0. The lowest BCUT2D eigenvalue weighted by Gasteiger charge is -2.73. The molecule has 51 heavy (non-hydrogen) atoms. The Morgan fingerprint density at radius 3 is 2.27 bits per heavy atom. The molecule has 0 unspecified atom stereocenters. The summed E-state index contributed by atoms with van der Waals surface area (Å²) in [7, 11) is -1.81. The molecule has 7 rings (SSSR count). The highest BCUT2D eigenvalue weighted by molar-refractivity contribution is 8.00. The van der Waals surface area contributed by atoms with Gasteiger partial charge in [-0.2, -0.15) is 0 Å². The van der Waals surface area contributed by atoms with E-state index in [-0.39, 0.29) is 5.54 Å². The zero-order valence-electron chi connectivity index (χ0n) is 33.2. The van der Waals surface area contributed by atoms with Crippen LogP contribution in [0.1, 0.15) is 125 Å². The summed E-state index contributed by atoms with van der Waals surface area (Å²) in [5, 5.41) is 0. The van der Waals surface area contributed by atoms with Gasteiger partial charge in [-0.05, 0) is 189 Å². The first-order valence-corrected chi connectivity index (χ1v) is 22.9. The Labute approximate surface area is 311 Å². The Balaban J connectivity index is 1.07. The largest absolute Gasteiger partial charge is 0.429 e. The zero-order valence-corrected chi connectivity index (χ0v) is 34.0. The van der Waals surface area contributed by atoms with Crippen molar-refractivity contribution in [2.45, 2.75) is 131 Å². The van der Waals surface area contributed by atoms with Gasteiger partial charge in [-0.25, -0.2) is 0 Å². The number of hydrogen-bond acceptors (Lipinski definition) is 5. The molecule has 4 aliphatic carbocycles. The predicted octanol–water partition coefficient (Wildman–Crippen LogP) is 9.64. The fourth-order valence-corrected chi connectivity index (χ4v) is 16.0. The molecule has 1 aromatic rings. The van der Waals surface area contributed by atoms with Gasteiger partial charge < -0.3 is 14.5 Å². The van der Waals surface area contributed by atoms with Crippen LogP contribution in [0.5, 0.6) is 5.75 Å². The smallest absolute Gasteiger partial charge is 0.298 e. The van der Waals surface area contributed by atoms with Crippen molar-refractivity contribution in [3.8, 4) is 5.75 Å². The lowest BCUT2D eigenvalue weighted by Crippen LogP contribution is -2.69. The zero-order chi connectivity index (χ0) is 36.5. The Kier molecular flexibility index (Phi) is 9.93. The molecule has 2 heterocycles. The topological polar surface area (TPSA) is 49.9 Å². The summed E-state index contributed by atoms with van der Waals surface area (Å²) in [6, 6.07) is 8.18. The number of hydrogen-bond donors (Lipinski definition) is 0. The van der Waals surface area contributed by atoms with Gasteiger partial charge in [0.05, 0.1) is 0 Å². The minimum Gasteiger partial charge on any atom is -0.429 e. The standard InChI is InChI=1S/C45H70N2O3S/c1-33(2)36-18-22-45(20-10-9-11-26-46-28-30-51(8,49)31-29-46)24-23-43(6)37(40(36)45)16-17-39-42(5)25-27-47(34-12-14-35(15-13-34)50-32-48)41(3,4)38(42)19-21-44(39,43)7/h12-15,32,36-40H,1,8-11,16-31H2,2-7H3/t36-,37+,38-,39+,40+,42-,43+,44+,45+/m0/s1. The molecular weight excluding hydrogens is 649 g/mol. The van der Waals surface area contributed by atoms with E-state index >= 15 is 0 Å². The quantitative estimate of drug-likeness (QED) is 0.104. The minimum absolute atomic E-state index is 0.0558. The Bertz CT molecular complexity index is 1560. The molecule has 6 aliphatic rings. The maximum Gasteiger partial charge on any atom is 0.298 e. The molecule has 6 fully saturated rings. The van der Waals surface area contributed by atoms with E-state index in [4.69, 9.17) is 4.74 Å². The molecule has 1 aromatic carbocycles. The first kappa shape index (κ1) is 37.5. The molecule has 2 saturated heterocycles. The molecule has 2 aliphatic heterocycles. The van der Waals surface area contributed by atoms with Gasteiger partial charge in [0, 0.05) is 42.4 Å². The molecular formula is C45H70N2O3S. The summed E-state index contributed by atoms with van der Waals surface area (Å²) < 4.78 is 17.5. The second-order valence-corrected chi connectivity index (χ2v) is 22.6. The van der Waals surface area contributed by atoms with Gasteiger partial charge in [0.25, 0.3) is 6.47 Å². The molecule has 0 amide bonds. The fourth-order valence-electron chi connectivity index (χ4n) is 14.7. The lowest BCUT2D eigenvalue weighted by atomic mass is 9.33. The number of carbonyl (C=O) groups is 1. The maximum atomic E-state index is 12.3. The van der Waals surface area contributed by atoms with Crippen molar-refractivity contribution in [2.24, 2.45) is 51.2 Å². The second-order valence-electron chi connectivity index (χ2n) is 19.8. The van der Waals surface area contributed by atoms with Crippen molar-refractivity contribution in [1.82, 2.24) is 4.90 Å². The third-order valence-corrected chi connectivity index (χ3v) is 19.3. The van der Waals surface area contributed by atoms with Gasteiger partial charge in [-0.3, -0.25) is 9.00 Å². The monoisotopic (exact) mass is 719 g/mol. The Morgan fingerprint density at radius 2 is 1.59 bits per heavy atom. The normalized spacial score (nSPS) is 41.5. The van der Waals surface area contributed by atoms with Gasteiger partial charge >= 0.3 is 0 Å². The summed E-state index contributed by atoms with van der Waals surface area (Å²) in [5.74, 6) is 9.85. The number of benzene rings is 1. The Hall–Kier alpha value is -1.79. The highest BCUT2D eigenvalue weighted by Gasteiger charge is 2.70. The summed E-state index contributed by atoms with van der Waals surface area (Å²) in [4.78, 5) is 16.1. The summed E-state index contributed by atoms with van der Waals surface area (Å²) in [6.07, 6.45) is 17.7. The molecule has 0 N–H and O–H groups in total. The molecule has 9 atom stereocenters. The van der Waals surface area contributed by atoms with E-state index in [1.807, 2.05) is 12.1 Å². The van der Waals surface area contributed by atoms with Crippen LogP contribution in [0.2, 0.25) is 0 Å². The van der Waals surface area contributed by atoms with Gasteiger partial charge in [0.15, 0.2) is 0 Å². The molecule has 5 nitrogen and oxygen atoms in total. The van der Waals surface area contributed by atoms with E-state index in [0.717, 1.165) is 55.4 Å². The third-order valence-electron chi connectivity index (χ3n) is 17.5. The van der Waals surface area contributed by atoms with Crippen molar-refractivity contribution >= 4 is 27.6 Å². The molecule has 4 saturated carbocycles. The summed E-state index contributed by atoms with van der Waals surface area (Å²) in [6.45, 7) is 25.0. The van der Waals surface area contributed by atoms with Gasteiger partial charge in [0.1, 0.15) is 5.75 Å². The number of allylic oxidation sites excluding steroid dienone is 1. The van der Waals surface area contributed by atoms with Crippen LogP contribution in [0.15, 0.2) is 36.4 Å². The van der Waals surface area contributed by atoms with Gasteiger partial charge in [0.2, 0.25) is 0 Å². The van der Waals surface area contributed by atoms with E-state index in [9.17, 15) is 9.00 Å². The van der Waals surface area contributed by atoms with Crippen molar-refractivity contribution in [3.63, 3.8) is 0 Å². The molecule has 0 aromatic heterocycles. The van der Waals surface area contributed by atoms with Crippen molar-refractivity contribution in [1.29, 1.82) is 0 Å². The van der Waals surface area contributed by atoms with Crippen LogP contribution in [0, 0.1) is 51.2 Å². The molecule has 0 radical (unpaired) electrons. The average molecular weight is 719 g/mol. The van der Waals surface area contributed by atoms with Crippen molar-refractivity contribution < 1.29 is 13.7 Å². The van der Waals surface area contributed by atoms with Crippen LogP contribution in [0.25, 0.3) is 0 Å². The van der Waals surface area contributed by atoms with Crippen LogP contribution in [-0.4, -0.2) is 64.7 Å². The van der Waals surface area contributed by atoms with E-state index in [1.165, 1.54) is 94.7 Å². The minimum atomic E-state index is -1.81. The van der Waals surface area contributed by atoms with Crippen LogP contribution in [0.3, 0.4) is 0 Å². The van der Waals surface area contributed by atoms with E-state index in [0.29, 0.717) is 45.7 Å². The molecule has 0 bridgehead atoms. The number of ether oxygens (including phenoxy) is 1. The third kappa shape index (κ3) is 6.17. The van der Waals surface area contributed by atoms with Crippen LogP contribution >= 0.6 is 0 Å². The second kappa shape index (κ2) is 13.5. The number of piperidine rings is 1. The van der Waals surface area contributed by atoms with E-state index in [1.54, 1.807) is 0 Å². The average Bonchev–Trinajstić information content (AvgIpc) is 3.46. The fraction of sp³-hybridized carbons (Fsp3) is 0.778. The van der Waals surface area contributed by atoms with E-state index < -0.39 is 9.52 Å². The SMILES string of the molecule is C=C(C)[C@@H]1CC[C@]2(CCCCCN3CCS(=C)(=O)CC3)CC[C@]3(C)[C@H](CC[C@@H]4[C@@]5(C)CCN(c6ccc(OC=O)cc6)C(C)(C)[C@@H]5CC[C@]43C)[C@@H]12. The lowest BCUT2D eigenvalue weighted by molar-refractivity contribution is -0.228.